The zero-order chi connectivity index (χ0) is 21.5. The van der Waals surface area contributed by atoms with Gasteiger partial charge < -0.3 is 23.5 Å². The topological polar surface area (TPSA) is 85.0 Å². The summed E-state index contributed by atoms with van der Waals surface area (Å²) in [6.07, 6.45) is 5.36. The molecule has 0 aromatic carbocycles. The van der Waals surface area contributed by atoms with Crippen molar-refractivity contribution in [2.24, 2.45) is 7.05 Å². The number of hydrogen-bond acceptors (Lipinski definition) is 5. The molecule has 0 spiro atoms. The Bertz CT molecular complexity index is 854. The van der Waals surface area contributed by atoms with Crippen LogP contribution in [0.15, 0.2) is 41.1 Å². The fourth-order valence-corrected chi connectivity index (χ4v) is 3.32. The van der Waals surface area contributed by atoms with E-state index in [0.29, 0.717) is 25.5 Å². The van der Waals surface area contributed by atoms with E-state index in [1.807, 2.05) is 36.0 Å². The Kier molecular flexibility index (Phi) is 7.32. The van der Waals surface area contributed by atoms with Crippen molar-refractivity contribution >= 4 is 17.8 Å². The molecule has 2 heterocycles. The average molecular weight is 415 g/mol. The van der Waals surface area contributed by atoms with Crippen molar-refractivity contribution in [1.29, 1.82) is 0 Å². The van der Waals surface area contributed by atoms with Crippen LogP contribution in [0.1, 0.15) is 44.1 Å². The average Bonchev–Trinajstić information content (AvgIpc) is 3.28. The third kappa shape index (κ3) is 5.98. The van der Waals surface area contributed by atoms with Gasteiger partial charge in [0.1, 0.15) is 12.3 Å². The summed E-state index contributed by atoms with van der Waals surface area (Å²) >= 11 is 0. The van der Waals surface area contributed by atoms with Crippen LogP contribution in [0.25, 0.3) is 0 Å². The quantitative estimate of drug-likeness (QED) is 0.527. The van der Waals surface area contributed by atoms with E-state index in [1.54, 1.807) is 29.1 Å². The Morgan fingerprint density at radius 2 is 1.93 bits per heavy atom. The molecule has 0 aliphatic heterocycles. The highest BCUT2D eigenvalue weighted by molar-refractivity contribution is 5.87. The molecule has 0 atom stereocenters. The summed E-state index contributed by atoms with van der Waals surface area (Å²) in [5, 5.41) is 0. The van der Waals surface area contributed by atoms with Crippen molar-refractivity contribution in [2.45, 2.75) is 51.7 Å². The molecule has 2 aromatic heterocycles. The second-order valence-electron chi connectivity index (χ2n) is 7.50. The lowest BCUT2D eigenvalue weighted by Gasteiger charge is -2.27. The largest absolute Gasteiger partial charge is 0.467 e. The smallest absolute Gasteiger partial charge is 0.306 e. The first kappa shape index (κ1) is 21.7. The molecule has 0 radical (unpaired) electrons. The molecule has 2 aromatic rings. The SMILES string of the molecule is CCOC(=O)CCC(=O)N(CC(=O)N(Cc1ccco1)Cc1cccn1C)C1CC1. The van der Waals surface area contributed by atoms with Crippen LogP contribution in [0, 0.1) is 0 Å². The summed E-state index contributed by atoms with van der Waals surface area (Å²) in [5.74, 6) is -0.0417. The Hall–Kier alpha value is -3.03. The minimum atomic E-state index is -0.393. The predicted octanol–water partition coefficient (Wildman–Crippen LogP) is 2.48. The van der Waals surface area contributed by atoms with Crippen molar-refractivity contribution < 1.29 is 23.5 Å². The lowest BCUT2D eigenvalue weighted by Crippen LogP contribution is -2.43. The first-order valence-electron chi connectivity index (χ1n) is 10.3. The van der Waals surface area contributed by atoms with Crippen molar-refractivity contribution in [2.75, 3.05) is 13.2 Å². The van der Waals surface area contributed by atoms with Crippen LogP contribution >= 0.6 is 0 Å². The molecule has 3 rings (SSSR count). The van der Waals surface area contributed by atoms with Gasteiger partial charge in [-0.2, -0.15) is 0 Å². The van der Waals surface area contributed by atoms with Crippen molar-refractivity contribution in [1.82, 2.24) is 14.4 Å². The third-order valence-corrected chi connectivity index (χ3v) is 5.15. The standard InChI is InChI=1S/C22H29N3O5/c1-3-29-22(28)11-10-20(26)25(17-8-9-17)16-21(27)24(15-19-7-5-13-30-19)14-18-6-4-12-23(18)2/h4-7,12-13,17H,3,8-11,14-16H2,1-2H3. The molecule has 1 aliphatic rings. The van der Waals surface area contributed by atoms with Gasteiger partial charge in [0.05, 0.1) is 32.4 Å². The predicted molar refractivity (Wildman–Crippen MR) is 109 cm³/mol. The monoisotopic (exact) mass is 415 g/mol. The zero-order valence-electron chi connectivity index (χ0n) is 17.6. The molecule has 162 valence electrons. The van der Waals surface area contributed by atoms with Crippen LogP contribution in [-0.2, 0) is 39.3 Å². The molecule has 1 saturated carbocycles. The third-order valence-electron chi connectivity index (χ3n) is 5.15. The van der Waals surface area contributed by atoms with Gasteiger partial charge in [-0.15, -0.1) is 0 Å². The van der Waals surface area contributed by atoms with E-state index >= 15 is 0 Å². The van der Waals surface area contributed by atoms with Gasteiger partial charge >= 0.3 is 5.97 Å². The van der Waals surface area contributed by atoms with Crippen LogP contribution in [0.2, 0.25) is 0 Å². The first-order chi connectivity index (χ1) is 14.5. The van der Waals surface area contributed by atoms with Gasteiger partial charge in [0, 0.05) is 31.4 Å². The van der Waals surface area contributed by atoms with Crippen LogP contribution in [0.5, 0.6) is 0 Å². The highest BCUT2D eigenvalue weighted by Gasteiger charge is 2.35. The molecule has 0 N–H and O–H groups in total. The molecular weight excluding hydrogens is 386 g/mol. The summed E-state index contributed by atoms with van der Waals surface area (Å²) < 4.78 is 12.3. The Morgan fingerprint density at radius 1 is 1.13 bits per heavy atom. The summed E-state index contributed by atoms with van der Waals surface area (Å²) in [6, 6.07) is 7.58. The van der Waals surface area contributed by atoms with Crippen LogP contribution in [-0.4, -0.2) is 51.3 Å². The molecule has 30 heavy (non-hydrogen) atoms. The Morgan fingerprint density at radius 3 is 2.53 bits per heavy atom. The summed E-state index contributed by atoms with van der Waals surface area (Å²) in [5.41, 5.74) is 0.988. The van der Waals surface area contributed by atoms with E-state index in [2.05, 4.69) is 0 Å². The van der Waals surface area contributed by atoms with Gasteiger partial charge in [0.15, 0.2) is 0 Å². The number of amides is 2. The normalized spacial score (nSPS) is 13.1. The number of carbonyl (C=O) groups excluding carboxylic acids is 3. The number of ether oxygens (including phenoxy) is 1. The summed E-state index contributed by atoms with van der Waals surface area (Å²) in [6.45, 7) is 2.76. The number of aromatic nitrogens is 1. The molecule has 1 aliphatic carbocycles. The van der Waals surface area contributed by atoms with Crippen molar-refractivity contribution in [3.63, 3.8) is 0 Å². The Labute approximate surface area is 176 Å². The number of hydrogen-bond donors (Lipinski definition) is 0. The lowest BCUT2D eigenvalue weighted by molar-refractivity contribution is -0.147. The van der Waals surface area contributed by atoms with E-state index in [9.17, 15) is 14.4 Å². The van der Waals surface area contributed by atoms with Crippen LogP contribution in [0.4, 0.5) is 0 Å². The molecular formula is C22H29N3O5. The second kappa shape index (κ2) is 10.1. The van der Waals surface area contributed by atoms with Crippen LogP contribution in [0.3, 0.4) is 0 Å². The molecule has 1 fully saturated rings. The van der Waals surface area contributed by atoms with E-state index in [-0.39, 0.29) is 37.2 Å². The highest BCUT2D eigenvalue weighted by atomic mass is 16.5. The lowest BCUT2D eigenvalue weighted by atomic mass is 10.2. The number of aryl methyl sites for hydroxylation is 1. The number of nitrogens with zero attached hydrogens (tertiary/aromatic N) is 3. The minimum absolute atomic E-state index is 0.00252. The van der Waals surface area contributed by atoms with E-state index < -0.39 is 5.97 Å². The van der Waals surface area contributed by atoms with Gasteiger partial charge in [-0.3, -0.25) is 14.4 Å². The highest BCUT2D eigenvalue weighted by Crippen LogP contribution is 2.28. The molecule has 2 amide bonds. The molecule has 0 unspecified atom stereocenters. The zero-order valence-corrected chi connectivity index (χ0v) is 17.6. The maximum Gasteiger partial charge on any atom is 0.306 e. The first-order valence-corrected chi connectivity index (χ1v) is 10.3. The summed E-state index contributed by atoms with van der Waals surface area (Å²) in [4.78, 5) is 40.8. The molecule has 0 saturated heterocycles. The van der Waals surface area contributed by atoms with Gasteiger partial charge in [-0.25, -0.2) is 0 Å². The Balaban J connectivity index is 1.66. The van der Waals surface area contributed by atoms with Gasteiger partial charge in [0.2, 0.25) is 11.8 Å². The fraction of sp³-hybridized carbons (Fsp3) is 0.500. The van der Waals surface area contributed by atoms with Crippen molar-refractivity contribution in [3.8, 4) is 0 Å². The molecule has 8 heteroatoms. The minimum Gasteiger partial charge on any atom is -0.467 e. The van der Waals surface area contributed by atoms with Gasteiger partial charge in [0.25, 0.3) is 0 Å². The van der Waals surface area contributed by atoms with Crippen molar-refractivity contribution in [3.05, 3.63) is 48.2 Å². The maximum absolute atomic E-state index is 13.2. The number of esters is 1. The number of furan rings is 1. The van der Waals surface area contributed by atoms with E-state index in [4.69, 9.17) is 9.15 Å². The molecule has 0 bridgehead atoms. The second-order valence-corrected chi connectivity index (χ2v) is 7.50. The maximum atomic E-state index is 13.2. The fourth-order valence-electron chi connectivity index (χ4n) is 3.32. The van der Waals surface area contributed by atoms with Gasteiger partial charge in [-0.05, 0) is 44.0 Å². The van der Waals surface area contributed by atoms with E-state index in [0.717, 1.165) is 18.5 Å². The number of carbonyl (C=O) groups is 3. The number of rotatable bonds is 11. The van der Waals surface area contributed by atoms with E-state index in [1.165, 1.54) is 0 Å². The van der Waals surface area contributed by atoms with Crippen LogP contribution < -0.4 is 0 Å². The molecule has 8 nitrogen and oxygen atoms in total. The summed E-state index contributed by atoms with van der Waals surface area (Å²) in [7, 11) is 1.93. The van der Waals surface area contributed by atoms with Gasteiger partial charge in [-0.1, -0.05) is 0 Å².